The normalized spacial score (nSPS) is 11.6. The average Bonchev–Trinajstić information content (AvgIpc) is 3.01. The minimum atomic E-state index is -4.07. The van der Waals surface area contributed by atoms with Gasteiger partial charge in [0.1, 0.15) is 10.7 Å². The van der Waals surface area contributed by atoms with Gasteiger partial charge >= 0.3 is 0 Å². The number of sulfonamides is 1. The van der Waals surface area contributed by atoms with E-state index in [1.54, 1.807) is 30.3 Å². The number of hydrogen-bond acceptors (Lipinski definition) is 3. The molecular formula is C15H11ClFN3O2S. The number of rotatable bonds is 3. The molecule has 0 aliphatic carbocycles. The van der Waals surface area contributed by atoms with Gasteiger partial charge in [0.25, 0.3) is 0 Å². The monoisotopic (exact) mass is 351 g/mol. The van der Waals surface area contributed by atoms with Crippen LogP contribution in [0.4, 0.5) is 4.39 Å². The number of benzene rings is 2. The van der Waals surface area contributed by atoms with Crippen molar-refractivity contribution in [2.75, 3.05) is 0 Å². The Kier molecular flexibility index (Phi) is 3.93. The van der Waals surface area contributed by atoms with Gasteiger partial charge in [-0.05, 0) is 29.8 Å². The van der Waals surface area contributed by atoms with E-state index in [4.69, 9.17) is 16.7 Å². The molecule has 5 nitrogen and oxygen atoms in total. The van der Waals surface area contributed by atoms with E-state index in [1.807, 2.05) is 0 Å². The SMILES string of the molecule is NS(=O)(=O)c1cc(-c2ccc(Cl)cc2)c(F)cc1-n1cccn1. The lowest BCUT2D eigenvalue weighted by Gasteiger charge is -2.12. The minimum absolute atomic E-state index is 0.0488. The predicted molar refractivity (Wildman–Crippen MR) is 85.3 cm³/mol. The van der Waals surface area contributed by atoms with Crippen LogP contribution in [0.15, 0.2) is 59.8 Å². The lowest BCUT2D eigenvalue weighted by molar-refractivity contribution is 0.595. The van der Waals surface area contributed by atoms with Crippen molar-refractivity contribution in [2.45, 2.75) is 4.90 Å². The van der Waals surface area contributed by atoms with Crippen molar-refractivity contribution in [3.63, 3.8) is 0 Å². The zero-order valence-electron chi connectivity index (χ0n) is 11.6. The first-order chi connectivity index (χ1) is 10.9. The van der Waals surface area contributed by atoms with Crippen molar-refractivity contribution in [1.82, 2.24) is 9.78 Å². The molecule has 1 aromatic heterocycles. The standard InChI is InChI=1S/C15H11ClFN3O2S/c16-11-4-2-10(3-5-11)12-8-15(23(18,21)22)14(9-13(12)17)20-7-1-6-19-20/h1-9H,(H2,18,21,22). The summed E-state index contributed by atoms with van der Waals surface area (Å²) in [7, 11) is -4.07. The molecule has 118 valence electrons. The third kappa shape index (κ3) is 3.12. The van der Waals surface area contributed by atoms with Crippen LogP contribution in [-0.2, 0) is 10.0 Å². The van der Waals surface area contributed by atoms with Gasteiger partial charge in [-0.1, -0.05) is 23.7 Å². The summed E-state index contributed by atoms with van der Waals surface area (Å²) in [6.07, 6.45) is 2.96. The average molecular weight is 352 g/mol. The molecule has 0 amide bonds. The molecule has 1 heterocycles. The molecule has 0 saturated heterocycles. The summed E-state index contributed by atoms with van der Waals surface area (Å²) >= 11 is 5.81. The highest BCUT2D eigenvalue weighted by atomic mass is 35.5. The number of aromatic nitrogens is 2. The molecule has 0 saturated carbocycles. The number of halogens is 2. The molecule has 2 N–H and O–H groups in total. The number of primary sulfonamides is 1. The fourth-order valence-electron chi connectivity index (χ4n) is 2.21. The van der Waals surface area contributed by atoms with E-state index in [-0.39, 0.29) is 16.1 Å². The smallest absolute Gasteiger partial charge is 0.240 e. The van der Waals surface area contributed by atoms with Gasteiger partial charge in [0.2, 0.25) is 10.0 Å². The topological polar surface area (TPSA) is 78.0 Å². The molecule has 0 atom stereocenters. The van der Waals surface area contributed by atoms with Gasteiger partial charge in [0.05, 0.1) is 5.69 Å². The molecule has 0 bridgehead atoms. The second-order valence-electron chi connectivity index (χ2n) is 4.80. The maximum Gasteiger partial charge on any atom is 0.240 e. The zero-order chi connectivity index (χ0) is 16.6. The van der Waals surface area contributed by atoms with E-state index in [9.17, 15) is 12.8 Å². The fourth-order valence-corrected chi connectivity index (χ4v) is 3.06. The number of nitrogens with zero attached hydrogens (tertiary/aromatic N) is 2. The van der Waals surface area contributed by atoms with Crippen LogP contribution in [0.25, 0.3) is 16.8 Å². The lowest BCUT2D eigenvalue weighted by Crippen LogP contribution is -2.16. The summed E-state index contributed by atoms with van der Waals surface area (Å²) in [5, 5.41) is 9.70. The molecular weight excluding hydrogens is 341 g/mol. The predicted octanol–water partition coefficient (Wildman–Crippen LogP) is 2.98. The van der Waals surface area contributed by atoms with E-state index in [0.29, 0.717) is 10.6 Å². The molecule has 0 fully saturated rings. The van der Waals surface area contributed by atoms with Crippen molar-refractivity contribution in [2.24, 2.45) is 5.14 Å². The summed E-state index contributed by atoms with van der Waals surface area (Å²) in [5.74, 6) is -0.592. The molecule has 0 aliphatic heterocycles. The van der Waals surface area contributed by atoms with Crippen LogP contribution in [0, 0.1) is 5.82 Å². The first kappa shape index (κ1) is 15.7. The molecule has 3 aromatic rings. The molecule has 0 aliphatic rings. The van der Waals surface area contributed by atoms with Gasteiger partial charge in [0.15, 0.2) is 0 Å². The second kappa shape index (κ2) is 5.77. The quantitative estimate of drug-likeness (QED) is 0.788. The molecule has 23 heavy (non-hydrogen) atoms. The van der Waals surface area contributed by atoms with Crippen molar-refractivity contribution in [1.29, 1.82) is 0 Å². The molecule has 2 aromatic carbocycles. The Balaban J connectivity index is 2.27. The summed E-state index contributed by atoms with van der Waals surface area (Å²) in [6.45, 7) is 0. The van der Waals surface area contributed by atoms with Gasteiger partial charge < -0.3 is 0 Å². The van der Waals surface area contributed by atoms with Gasteiger partial charge in [-0.3, -0.25) is 0 Å². The maximum atomic E-state index is 14.5. The summed E-state index contributed by atoms with van der Waals surface area (Å²) in [4.78, 5) is -0.215. The van der Waals surface area contributed by atoms with Crippen molar-refractivity contribution in [3.05, 3.63) is 65.7 Å². The number of nitrogens with two attached hydrogens (primary N) is 1. The molecule has 0 spiro atoms. The van der Waals surface area contributed by atoms with E-state index >= 15 is 0 Å². The van der Waals surface area contributed by atoms with Crippen LogP contribution in [0.2, 0.25) is 5.02 Å². The number of hydrogen-bond donors (Lipinski definition) is 1. The largest absolute Gasteiger partial charge is 0.240 e. The Hall–Kier alpha value is -2.22. The Morgan fingerprint density at radius 2 is 1.87 bits per heavy atom. The minimum Gasteiger partial charge on any atom is -0.240 e. The molecule has 8 heteroatoms. The fraction of sp³-hybridized carbons (Fsp3) is 0. The molecule has 0 radical (unpaired) electrons. The highest BCUT2D eigenvalue weighted by Crippen LogP contribution is 2.30. The third-order valence-corrected chi connectivity index (χ3v) is 4.45. The van der Waals surface area contributed by atoms with Crippen molar-refractivity contribution < 1.29 is 12.8 Å². The Labute approximate surface area is 137 Å². The van der Waals surface area contributed by atoms with Gasteiger partial charge in [-0.25, -0.2) is 22.6 Å². The highest BCUT2D eigenvalue weighted by molar-refractivity contribution is 7.89. The summed E-state index contributed by atoms with van der Waals surface area (Å²) in [5.41, 5.74) is 0.651. The highest BCUT2D eigenvalue weighted by Gasteiger charge is 2.20. The van der Waals surface area contributed by atoms with E-state index in [2.05, 4.69) is 5.10 Å². The first-order valence-corrected chi connectivity index (χ1v) is 8.41. The van der Waals surface area contributed by atoms with Crippen LogP contribution in [0.3, 0.4) is 0 Å². The van der Waals surface area contributed by atoms with Crippen LogP contribution in [0.1, 0.15) is 0 Å². The van der Waals surface area contributed by atoms with Gasteiger partial charge in [0, 0.05) is 29.0 Å². The maximum absolute atomic E-state index is 14.5. The summed E-state index contributed by atoms with van der Waals surface area (Å²) in [6, 6.07) is 10.3. The lowest BCUT2D eigenvalue weighted by atomic mass is 10.0. The second-order valence-corrected chi connectivity index (χ2v) is 6.77. The Bertz CT molecular complexity index is 955. The van der Waals surface area contributed by atoms with Crippen LogP contribution in [0.5, 0.6) is 0 Å². The third-order valence-electron chi connectivity index (χ3n) is 3.26. The van der Waals surface area contributed by atoms with E-state index < -0.39 is 15.8 Å². The van der Waals surface area contributed by atoms with E-state index in [1.165, 1.54) is 23.1 Å². The van der Waals surface area contributed by atoms with Gasteiger partial charge in [-0.2, -0.15) is 5.10 Å². The van der Waals surface area contributed by atoms with Crippen LogP contribution in [-0.4, -0.2) is 18.2 Å². The van der Waals surface area contributed by atoms with Crippen molar-refractivity contribution in [3.8, 4) is 16.8 Å². The Morgan fingerprint density at radius 3 is 2.43 bits per heavy atom. The summed E-state index contributed by atoms with van der Waals surface area (Å²) < 4.78 is 39.5. The molecule has 3 rings (SSSR count). The van der Waals surface area contributed by atoms with E-state index in [0.717, 1.165) is 6.07 Å². The van der Waals surface area contributed by atoms with Crippen LogP contribution < -0.4 is 5.14 Å². The zero-order valence-corrected chi connectivity index (χ0v) is 13.2. The Morgan fingerprint density at radius 1 is 1.17 bits per heavy atom. The van der Waals surface area contributed by atoms with Gasteiger partial charge in [-0.15, -0.1) is 0 Å². The first-order valence-electron chi connectivity index (χ1n) is 6.48. The van der Waals surface area contributed by atoms with Crippen molar-refractivity contribution >= 4 is 21.6 Å². The van der Waals surface area contributed by atoms with Crippen LogP contribution >= 0.6 is 11.6 Å². The molecule has 0 unspecified atom stereocenters.